The van der Waals surface area contributed by atoms with Gasteiger partial charge < -0.3 is 9.97 Å². The van der Waals surface area contributed by atoms with Crippen molar-refractivity contribution in [3.05, 3.63) is 117 Å². The largest absolute Gasteiger partial charge is 0.416 e. The van der Waals surface area contributed by atoms with Gasteiger partial charge in [-0.05, 0) is 91.4 Å². The number of hydrogen-bond donors (Lipinski definition) is 2. The Hall–Kier alpha value is -5.46. The Morgan fingerprint density at radius 1 is 0.774 bits per heavy atom. The molecule has 0 fully saturated rings. The highest BCUT2D eigenvalue weighted by molar-refractivity contribution is 6.23. The summed E-state index contributed by atoms with van der Waals surface area (Å²) < 4.78 is 82.9. The Bertz CT molecular complexity index is 2390. The zero-order valence-corrected chi connectivity index (χ0v) is 29.7. The van der Waals surface area contributed by atoms with Crippen LogP contribution in [0.3, 0.4) is 0 Å². The number of benzene rings is 1. The Balaban J connectivity index is 1.55. The van der Waals surface area contributed by atoms with Crippen LogP contribution < -0.4 is 0 Å². The van der Waals surface area contributed by atoms with E-state index in [1.54, 1.807) is 19.1 Å². The van der Waals surface area contributed by atoms with E-state index in [-0.39, 0.29) is 34.5 Å². The minimum Gasteiger partial charge on any atom is -0.361 e. The van der Waals surface area contributed by atoms with Crippen LogP contribution in [-0.4, -0.2) is 36.7 Å². The number of carbonyl (C=O) groups excluding carboxylic acids is 2. The highest BCUT2D eigenvalue weighted by Crippen LogP contribution is 2.43. The number of amides is 2. The van der Waals surface area contributed by atoms with Crippen LogP contribution in [0.25, 0.3) is 33.3 Å². The molecule has 2 N–H and O–H groups in total. The molecule has 3 aromatic rings. The second-order valence-electron chi connectivity index (χ2n) is 13.9. The Morgan fingerprint density at radius 3 is 1.98 bits per heavy atom. The summed E-state index contributed by atoms with van der Waals surface area (Å²) in [5.74, 6) is -2.22. The first-order valence-electron chi connectivity index (χ1n) is 17.1. The van der Waals surface area contributed by atoms with Gasteiger partial charge in [-0.15, -0.1) is 0 Å². The molecule has 0 radical (unpaired) electrons. The van der Waals surface area contributed by atoms with Gasteiger partial charge in [0, 0.05) is 34.3 Å². The van der Waals surface area contributed by atoms with Gasteiger partial charge in [0.2, 0.25) is 0 Å². The number of halogens is 6. The summed E-state index contributed by atoms with van der Waals surface area (Å²) in [7, 11) is 0. The molecular formula is C40H35F6N5O2. The molecule has 0 saturated heterocycles. The third-order valence-corrected chi connectivity index (χ3v) is 10.8. The summed E-state index contributed by atoms with van der Waals surface area (Å²) in [4.78, 5) is 46.2. The number of allylic oxidation sites excluding steroid dienone is 5. The highest BCUT2D eigenvalue weighted by atomic mass is 19.4. The van der Waals surface area contributed by atoms with Crippen molar-refractivity contribution in [2.45, 2.75) is 78.7 Å². The predicted molar refractivity (Wildman–Crippen MR) is 190 cm³/mol. The van der Waals surface area contributed by atoms with Crippen LogP contribution >= 0.6 is 0 Å². The molecule has 6 heterocycles. The van der Waals surface area contributed by atoms with Gasteiger partial charge in [-0.1, -0.05) is 33.4 Å². The van der Waals surface area contributed by atoms with Crippen molar-refractivity contribution in [1.29, 1.82) is 0 Å². The van der Waals surface area contributed by atoms with Crippen LogP contribution in [0.15, 0.2) is 49.1 Å². The van der Waals surface area contributed by atoms with E-state index in [4.69, 9.17) is 9.97 Å². The number of aromatic amines is 2. The van der Waals surface area contributed by atoms with Crippen LogP contribution in [0, 0.1) is 6.92 Å². The monoisotopic (exact) mass is 731 g/mol. The van der Waals surface area contributed by atoms with Crippen molar-refractivity contribution in [2.24, 2.45) is 0 Å². The van der Waals surface area contributed by atoms with Gasteiger partial charge >= 0.3 is 12.4 Å². The summed E-state index contributed by atoms with van der Waals surface area (Å²) in [6.45, 7) is 14.6. The summed E-state index contributed by atoms with van der Waals surface area (Å²) >= 11 is 0. The van der Waals surface area contributed by atoms with Crippen molar-refractivity contribution >= 4 is 45.1 Å². The van der Waals surface area contributed by atoms with Gasteiger partial charge in [-0.2, -0.15) is 26.3 Å². The molecule has 8 bridgehead atoms. The maximum absolute atomic E-state index is 14.6. The number of fused-ring (bicyclic) bond motifs is 8. The van der Waals surface area contributed by atoms with Gasteiger partial charge in [0.25, 0.3) is 11.8 Å². The van der Waals surface area contributed by atoms with Crippen molar-refractivity contribution in [1.82, 2.24) is 24.8 Å². The van der Waals surface area contributed by atoms with Gasteiger partial charge in [-0.25, -0.2) is 9.97 Å². The molecule has 53 heavy (non-hydrogen) atoms. The summed E-state index contributed by atoms with van der Waals surface area (Å²) in [6.07, 6.45) is -7.84. The normalized spacial score (nSPS) is 18.3. The Labute approximate surface area is 300 Å². The van der Waals surface area contributed by atoms with Gasteiger partial charge in [0.15, 0.2) is 0 Å². The van der Waals surface area contributed by atoms with Crippen molar-refractivity contribution < 1.29 is 35.9 Å². The number of nitrogens with one attached hydrogen (secondary N) is 2. The Morgan fingerprint density at radius 2 is 1.38 bits per heavy atom. The standard InChI is InChI=1S/C40H35F6N5O2/c1-8-25-19(5)28-13-27-17(3)18(4)35(49-27)34-36-33(21(7)30(50-36)15-32-26(9-2)20(6)29(48-32)14-31(25)47-28)37(52)51(38(34)53)16-22-10-23(39(41,42)43)12-24(11-22)40(44,45)46/h8,10-15,17-18,49-50H,1,9,16H2,2-7H3/t17-,18?/m0/s1. The van der Waals surface area contributed by atoms with E-state index < -0.39 is 47.4 Å². The summed E-state index contributed by atoms with van der Waals surface area (Å²) in [6, 6.07) is 6.69. The minimum atomic E-state index is -5.11. The van der Waals surface area contributed by atoms with Crippen LogP contribution in [-0.2, 0) is 18.9 Å². The number of aromatic nitrogens is 4. The average molecular weight is 732 g/mol. The quantitative estimate of drug-likeness (QED) is 0.206. The van der Waals surface area contributed by atoms with E-state index in [1.165, 1.54) is 0 Å². The first-order valence-corrected chi connectivity index (χ1v) is 17.1. The Kier molecular flexibility index (Phi) is 8.34. The minimum absolute atomic E-state index is 0.0149. The number of rotatable bonds is 4. The second kappa shape index (κ2) is 12.3. The van der Waals surface area contributed by atoms with E-state index in [9.17, 15) is 35.9 Å². The summed E-state index contributed by atoms with van der Waals surface area (Å²) in [5, 5.41) is 0. The molecule has 4 aliphatic heterocycles. The van der Waals surface area contributed by atoms with Crippen LogP contribution in [0.4, 0.5) is 26.3 Å². The number of nitrogens with zero attached hydrogens (tertiary/aromatic N) is 3. The number of carbonyl (C=O) groups is 2. The molecule has 7 nitrogen and oxygen atoms in total. The highest BCUT2D eigenvalue weighted by Gasteiger charge is 2.41. The average Bonchev–Trinajstić information content (AvgIpc) is 3.75. The van der Waals surface area contributed by atoms with Crippen LogP contribution in [0.5, 0.6) is 0 Å². The molecule has 0 saturated carbocycles. The molecule has 13 heteroatoms. The lowest BCUT2D eigenvalue weighted by Crippen LogP contribution is -2.40. The third-order valence-electron chi connectivity index (χ3n) is 10.8. The predicted octanol–water partition coefficient (Wildman–Crippen LogP) is 10.5. The zero-order chi connectivity index (χ0) is 38.5. The number of imide groups is 1. The fraction of sp³-hybridized carbons (Fsp3) is 0.300. The van der Waals surface area contributed by atoms with Gasteiger partial charge in [0.05, 0.1) is 57.1 Å². The fourth-order valence-electron chi connectivity index (χ4n) is 7.59. The lowest BCUT2D eigenvalue weighted by molar-refractivity contribution is -0.143. The lowest BCUT2D eigenvalue weighted by atomic mass is 9.89. The molecule has 274 valence electrons. The van der Waals surface area contributed by atoms with E-state index in [0.717, 1.165) is 32.9 Å². The molecule has 1 aromatic carbocycles. The van der Waals surface area contributed by atoms with Gasteiger partial charge in [-0.3, -0.25) is 14.5 Å². The van der Waals surface area contributed by atoms with Crippen molar-refractivity contribution in [3.63, 3.8) is 0 Å². The molecule has 2 atom stereocenters. The topological polar surface area (TPSA) is 94.7 Å². The molecule has 2 aromatic heterocycles. The second-order valence-corrected chi connectivity index (χ2v) is 13.9. The first kappa shape index (κ1) is 35.9. The summed E-state index contributed by atoms with van der Waals surface area (Å²) in [5.41, 5.74) is 5.21. The van der Waals surface area contributed by atoms with E-state index in [1.807, 2.05) is 46.8 Å². The molecular weight excluding hydrogens is 696 g/mol. The van der Waals surface area contributed by atoms with Crippen molar-refractivity contribution in [3.8, 4) is 0 Å². The maximum Gasteiger partial charge on any atom is 0.416 e. The molecule has 7 rings (SSSR count). The number of alkyl halides is 6. The van der Waals surface area contributed by atoms with E-state index in [2.05, 4.69) is 16.5 Å². The maximum atomic E-state index is 14.6. The molecule has 1 unspecified atom stereocenters. The van der Waals surface area contributed by atoms with Crippen LogP contribution in [0.1, 0.15) is 130 Å². The fourth-order valence-corrected chi connectivity index (χ4v) is 7.59. The molecule has 0 spiro atoms. The number of hydrogen-bond acceptors (Lipinski definition) is 4. The van der Waals surface area contributed by atoms with Crippen LogP contribution in [0.2, 0.25) is 0 Å². The zero-order valence-electron chi connectivity index (χ0n) is 29.7. The number of H-pyrrole nitrogens is 2. The smallest absolute Gasteiger partial charge is 0.361 e. The number of aryl methyl sites for hydroxylation is 1. The molecule has 2 amide bonds. The van der Waals surface area contributed by atoms with E-state index in [0.29, 0.717) is 58.1 Å². The van der Waals surface area contributed by atoms with E-state index >= 15 is 0 Å². The molecule has 4 aliphatic rings. The SMILES string of the molecule is C=CC1=C(C)c2cc3[nH]c(c4c5[nH]c(cc6nc(cc1n2)C(C)=C6CC)c(C)c5C(=O)N(Cc1cc(C(F)(F)F)cc(C(F)(F)F)c1)C4=O)C(C)[C@@H]3C. The van der Waals surface area contributed by atoms with Gasteiger partial charge in [0.1, 0.15) is 0 Å². The third kappa shape index (κ3) is 5.77. The van der Waals surface area contributed by atoms with Crippen molar-refractivity contribution in [2.75, 3.05) is 0 Å². The molecule has 0 aliphatic carbocycles. The first-order chi connectivity index (χ1) is 24.8. The lowest BCUT2D eigenvalue weighted by Gasteiger charge is -2.27.